The van der Waals surface area contributed by atoms with Crippen LogP contribution in [0.4, 0.5) is 34.1 Å². The first-order chi connectivity index (χ1) is 39.1. The summed E-state index contributed by atoms with van der Waals surface area (Å²) in [6.45, 7) is 53.1. The second-order valence-corrected chi connectivity index (χ2v) is 27.9. The molecule has 0 spiro atoms. The maximum absolute atomic E-state index is 7.43. The number of aromatic nitrogens is 1. The van der Waals surface area contributed by atoms with Gasteiger partial charge in [0.15, 0.2) is 0 Å². The first-order valence-electron chi connectivity index (χ1n) is 30.3. The molecule has 0 N–H and O–H groups in total. The van der Waals surface area contributed by atoms with Crippen LogP contribution < -0.4 is 30.4 Å². The van der Waals surface area contributed by atoms with Gasteiger partial charge in [0.1, 0.15) is 11.5 Å². The Hall–Kier alpha value is -7.70. The molecule has 5 nitrogen and oxygen atoms in total. The number of ether oxygens (including phenoxy) is 1. The number of nitrogens with zero attached hydrogens (tertiary/aromatic N) is 4. The van der Waals surface area contributed by atoms with Gasteiger partial charge < -0.3 is 24.0 Å². The lowest BCUT2D eigenvalue weighted by molar-refractivity contribution is 0.413. The van der Waals surface area contributed by atoms with E-state index < -0.39 is 5.54 Å². The molecule has 10 rings (SSSR count). The average molecular weight is 1100 g/mol. The number of rotatable bonds is 13. The zero-order valence-electron chi connectivity index (χ0n) is 53.0. The van der Waals surface area contributed by atoms with Gasteiger partial charge in [0, 0.05) is 51.0 Å². The van der Waals surface area contributed by atoms with Crippen LogP contribution in [0.2, 0.25) is 0 Å². The molecule has 2 aliphatic rings. The van der Waals surface area contributed by atoms with Crippen molar-refractivity contribution in [1.82, 2.24) is 4.57 Å². The highest BCUT2D eigenvalue weighted by molar-refractivity contribution is 6.94. The first kappa shape index (κ1) is 58.5. The average Bonchev–Trinajstić information content (AvgIpc) is 2.14. The summed E-state index contributed by atoms with van der Waals surface area (Å²) < 4.78 is 9.98. The molecule has 83 heavy (non-hydrogen) atoms. The largest absolute Gasteiger partial charge is 0.458 e. The SMILES string of the molecule is C=CC(C)(C(C)C)N(c1ccc(C(C)(C)C)cc1)c1cccc2c3cccc(N(c4ccc(C(C)(C)C)cc4)c4ccc(C(C)(C)C)cc4)c3n(-c3cc4c5c(c3)N(C(=C)/C=C\CC)C(=C)/C(=C\CC)B5c3cc(C(C)(C)C)ccc3O4)c12. The Kier molecular flexibility index (Phi) is 15.1. The zero-order valence-corrected chi connectivity index (χ0v) is 53.0. The van der Waals surface area contributed by atoms with Crippen molar-refractivity contribution in [2.45, 2.75) is 158 Å². The second-order valence-electron chi connectivity index (χ2n) is 27.9. The van der Waals surface area contributed by atoms with Crippen LogP contribution in [0.15, 0.2) is 200 Å². The standard InChI is InChI=1S/C77H89BN4O/c1-21-24-28-51(6)79-52(7)63(27-22-2)78-64-47-56(76(17,18)19)39-46-68(64)83-69-49-60(48-67(79)70(69)78)81-71-61(62-30-26-32-66(72(62)81)82(77(20,23-3)50(4)5)59-44-37-55(38-45-59)75(14,15)16)29-25-31-65(71)80(57-40-33-53(34-41-57)73(8,9)10)58-42-35-54(36-43-58)74(11,12)13/h23-50H,3,6-7,21-22H2,1-2,4-5,8-20H3/b28-24-,63-27+. The van der Waals surface area contributed by atoms with Crippen LogP contribution in [0, 0.1) is 5.92 Å². The number of hydrogen-bond donors (Lipinski definition) is 0. The van der Waals surface area contributed by atoms with Gasteiger partial charge in [0.05, 0.1) is 33.6 Å². The Labute approximate surface area is 498 Å². The van der Waals surface area contributed by atoms with Crippen molar-refractivity contribution in [1.29, 1.82) is 0 Å². The molecule has 1 atom stereocenters. The van der Waals surface area contributed by atoms with Gasteiger partial charge in [0.25, 0.3) is 6.71 Å². The summed E-state index contributed by atoms with van der Waals surface area (Å²) >= 11 is 0. The number of allylic oxidation sites excluding steroid dienone is 4. The molecule has 0 radical (unpaired) electrons. The lowest BCUT2D eigenvalue weighted by atomic mass is 9.33. The fourth-order valence-corrected chi connectivity index (χ4v) is 12.5. The molecule has 0 saturated carbocycles. The Morgan fingerprint density at radius 1 is 0.590 bits per heavy atom. The van der Waals surface area contributed by atoms with Crippen LogP contribution in [-0.4, -0.2) is 16.8 Å². The van der Waals surface area contributed by atoms with E-state index in [4.69, 9.17) is 17.9 Å². The summed E-state index contributed by atoms with van der Waals surface area (Å²) in [5.41, 5.74) is 19.1. The van der Waals surface area contributed by atoms with Gasteiger partial charge in [0.2, 0.25) is 0 Å². The van der Waals surface area contributed by atoms with Crippen LogP contribution in [-0.2, 0) is 21.7 Å². The number of fused-ring (bicyclic) bond motifs is 5. The molecule has 0 saturated heterocycles. The van der Waals surface area contributed by atoms with E-state index in [0.717, 1.165) is 108 Å². The minimum atomic E-state index is -0.537. The van der Waals surface area contributed by atoms with Crippen LogP contribution in [0.1, 0.15) is 153 Å². The van der Waals surface area contributed by atoms with Crippen molar-refractivity contribution in [3.8, 4) is 17.2 Å². The summed E-state index contributed by atoms with van der Waals surface area (Å²) in [4.78, 5) is 7.31. The Balaban J connectivity index is 1.39. The van der Waals surface area contributed by atoms with E-state index in [1.807, 2.05) is 0 Å². The molecule has 7 aromatic carbocycles. The summed E-state index contributed by atoms with van der Waals surface area (Å²) in [6.07, 6.45) is 10.6. The molecule has 0 fully saturated rings. The third-order valence-corrected chi connectivity index (χ3v) is 17.8. The molecule has 2 aliphatic heterocycles. The van der Waals surface area contributed by atoms with Gasteiger partial charge >= 0.3 is 0 Å². The minimum absolute atomic E-state index is 0.0227. The fraction of sp³-hybridized carbons (Fsp3) is 0.325. The van der Waals surface area contributed by atoms with E-state index in [9.17, 15) is 0 Å². The number of para-hydroxylation sites is 2. The fourth-order valence-electron chi connectivity index (χ4n) is 12.5. The predicted octanol–water partition coefficient (Wildman–Crippen LogP) is 20.6. The van der Waals surface area contributed by atoms with Crippen molar-refractivity contribution in [2.24, 2.45) is 5.92 Å². The third-order valence-electron chi connectivity index (χ3n) is 17.8. The molecule has 1 unspecified atom stereocenters. The Morgan fingerprint density at radius 2 is 1.08 bits per heavy atom. The smallest absolute Gasteiger partial charge is 0.255 e. The molecule has 8 aromatic rings. The molecule has 6 heteroatoms. The molecule has 3 heterocycles. The minimum Gasteiger partial charge on any atom is -0.458 e. The highest BCUT2D eigenvalue weighted by atomic mass is 16.5. The predicted molar refractivity (Wildman–Crippen MR) is 362 cm³/mol. The van der Waals surface area contributed by atoms with Crippen LogP contribution in [0.5, 0.6) is 11.5 Å². The van der Waals surface area contributed by atoms with E-state index in [0.29, 0.717) is 0 Å². The van der Waals surface area contributed by atoms with Crippen LogP contribution in [0.3, 0.4) is 0 Å². The van der Waals surface area contributed by atoms with E-state index >= 15 is 0 Å². The third kappa shape index (κ3) is 10.4. The Morgan fingerprint density at radius 3 is 1.57 bits per heavy atom. The molecule has 426 valence electrons. The van der Waals surface area contributed by atoms with Crippen molar-refractivity contribution in [3.05, 3.63) is 223 Å². The second kappa shape index (κ2) is 21.5. The monoisotopic (exact) mass is 1100 g/mol. The van der Waals surface area contributed by atoms with Gasteiger partial charge in [-0.3, -0.25) is 0 Å². The maximum Gasteiger partial charge on any atom is 0.255 e. The number of hydrogen-bond acceptors (Lipinski definition) is 4. The maximum atomic E-state index is 7.43. The van der Waals surface area contributed by atoms with Crippen molar-refractivity contribution in [3.63, 3.8) is 0 Å². The Bertz CT molecular complexity index is 3820. The van der Waals surface area contributed by atoms with E-state index in [1.54, 1.807) is 0 Å². The quantitative estimate of drug-likeness (QED) is 0.0652. The lowest BCUT2D eigenvalue weighted by Crippen LogP contribution is -2.55. The normalized spacial score (nSPS) is 15.0. The van der Waals surface area contributed by atoms with Gasteiger partial charge in [-0.05, 0) is 153 Å². The lowest BCUT2D eigenvalue weighted by Gasteiger charge is -2.44. The molecular formula is C77H89BN4O. The first-order valence-corrected chi connectivity index (χ1v) is 30.3. The summed E-state index contributed by atoms with van der Waals surface area (Å²) in [5, 5.41) is 2.26. The van der Waals surface area contributed by atoms with Gasteiger partial charge in [-0.25, -0.2) is 0 Å². The topological polar surface area (TPSA) is 23.9 Å². The highest BCUT2D eigenvalue weighted by Gasteiger charge is 2.45. The van der Waals surface area contributed by atoms with E-state index in [2.05, 4.69) is 307 Å². The molecular weight excluding hydrogens is 1010 g/mol. The van der Waals surface area contributed by atoms with Crippen LogP contribution in [0.25, 0.3) is 27.5 Å². The van der Waals surface area contributed by atoms with Crippen molar-refractivity contribution < 1.29 is 4.74 Å². The van der Waals surface area contributed by atoms with Crippen LogP contribution >= 0.6 is 0 Å². The van der Waals surface area contributed by atoms with Gasteiger partial charge in [-0.1, -0.05) is 215 Å². The summed E-state index contributed by atoms with van der Waals surface area (Å²) in [7, 11) is 0. The zero-order chi connectivity index (χ0) is 59.9. The molecule has 0 amide bonds. The number of anilines is 6. The molecule has 0 bridgehead atoms. The summed E-state index contributed by atoms with van der Waals surface area (Å²) in [6, 6.07) is 52.9. The van der Waals surface area contributed by atoms with Gasteiger partial charge in [-0.15, -0.1) is 6.58 Å². The number of benzene rings is 7. The van der Waals surface area contributed by atoms with E-state index in [1.165, 1.54) is 27.7 Å². The highest BCUT2D eigenvalue weighted by Crippen LogP contribution is 2.51. The van der Waals surface area contributed by atoms with Gasteiger partial charge in [-0.2, -0.15) is 0 Å². The van der Waals surface area contributed by atoms with Crippen molar-refractivity contribution in [2.75, 3.05) is 14.7 Å². The summed E-state index contributed by atoms with van der Waals surface area (Å²) in [5.74, 6) is 1.84. The molecule has 1 aromatic heterocycles. The van der Waals surface area contributed by atoms with Crippen molar-refractivity contribution >= 4 is 73.6 Å². The molecule has 0 aliphatic carbocycles. The van der Waals surface area contributed by atoms with E-state index in [-0.39, 0.29) is 34.3 Å².